The van der Waals surface area contributed by atoms with E-state index in [9.17, 15) is 10.1 Å². The Kier molecular flexibility index (Phi) is 2.53. The number of pyridine rings is 1. The van der Waals surface area contributed by atoms with Crippen LogP contribution in [0.15, 0.2) is 12.3 Å². The molecule has 5 heteroatoms. The molecule has 15 heavy (non-hydrogen) atoms. The highest BCUT2D eigenvalue weighted by Gasteiger charge is 2.17. The normalized spacial score (nSPS) is 15.7. The molecule has 1 saturated heterocycles. The van der Waals surface area contributed by atoms with Crippen LogP contribution in [-0.2, 0) is 0 Å². The summed E-state index contributed by atoms with van der Waals surface area (Å²) in [5, 5.41) is 10.5. The lowest BCUT2D eigenvalue weighted by Gasteiger charge is -2.17. The fraction of sp³-hybridized carbons (Fsp3) is 0.500. The second-order valence-electron chi connectivity index (χ2n) is 3.79. The van der Waals surface area contributed by atoms with Gasteiger partial charge in [-0.3, -0.25) is 10.1 Å². The van der Waals surface area contributed by atoms with Crippen LogP contribution >= 0.6 is 0 Å². The Morgan fingerprint density at radius 3 is 2.67 bits per heavy atom. The molecule has 0 aromatic carbocycles. The van der Waals surface area contributed by atoms with Crippen molar-refractivity contribution in [1.29, 1.82) is 0 Å². The molecule has 0 bridgehead atoms. The maximum atomic E-state index is 10.5. The Morgan fingerprint density at radius 1 is 1.47 bits per heavy atom. The van der Waals surface area contributed by atoms with E-state index >= 15 is 0 Å². The smallest absolute Gasteiger partial charge is 0.287 e. The molecule has 80 valence electrons. The van der Waals surface area contributed by atoms with Crippen LogP contribution in [0.2, 0.25) is 0 Å². The van der Waals surface area contributed by atoms with Gasteiger partial charge >= 0.3 is 0 Å². The van der Waals surface area contributed by atoms with Crippen LogP contribution in [0.4, 0.5) is 11.5 Å². The van der Waals surface area contributed by atoms with Gasteiger partial charge in [0.05, 0.1) is 4.92 Å². The first-order valence-corrected chi connectivity index (χ1v) is 5.04. The minimum Gasteiger partial charge on any atom is -0.356 e. The van der Waals surface area contributed by atoms with Crippen molar-refractivity contribution in [2.75, 3.05) is 18.0 Å². The zero-order chi connectivity index (χ0) is 10.8. The number of aromatic nitrogens is 1. The highest BCUT2D eigenvalue weighted by molar-refractivity contribution is 5.50. The number of nitrogens with zero attached hydrogens (tertiary/aromatic N) is 3. The molecule has 1 fully saturated rings. The minimum absolute atomic E-state index is 0.0652. The van der Waals surface area contributed by atoms with E-state index in [0.29, 0.717) is 0 Å². The molecular formula is C10H13N3O2. The number of aryl methyl sites for hydroxylation is 1. The van der Waals surface area contributed by atoms with Crippen LogP contribution in [0.1, 0.15) is 18.4 Å². The molecule has 2 heterocycles. The summed E-state index contributed by atoms with van der Waals surface area (Å²) in [5.41, 5.74) is 0.946. The molecule has 0 aliphatic carbocycles. The van der Waals surface area contributed by atoms with Gasteiger partial charge in [-0.25, -0.2) is 4.98 Å². The molecule has 0 amide bonds. The molecule has 0 N–H and O–H groups in total. The molecule has 1 aromatic heterocycles. The van der Waals surface area contributed by atoms with E-state index in [1.54, 1.807) is 6.07 Å². The fourth-order valence-electron chi connectivity index (χ4n) is 1.91. The van der Waals surface area contributed by atoms with Gasteiger partial charge in [0, 0.05) is 19.2 Å². The van der Waals surface area contributed by atoms with Gasteiger partial charge in [-0.2, -0.15) is 0 Å². The predicted molar refractivity (Wildman–Crippen MR) is 57.1 cm³/mol. The van der Waals surface area contributed by atoms with Crippen molar-refractivity contribution in [2.24, 2.45) is 0 Å². The van der Waals surface area contributed by atoms with Crippen molar-refractivity contribution in [3.8, 4) is 0 Å². The van der Waals surface area contributed by atoms with Crippen molar-refractivity contribution in [3.05, 3.63) is 27.9 Å². The van der Waals surface area contributed by atoms with E-state index in [1.807, 2.05) is 6.92 Å². The number of anilines is 1. The highest BCUT2D eigenvalue weighted by Crippen LogP contribution is 2.24. The second kappa shape index (κ2) is 3.84. The van der Waals surface area contributed by atoms with Crippen LogP contribution in [0.5, 0.6) is 0 Å². The maximum absolute atomic E-state index is 10.5. The van der Waals surface area contributed by atoms with Crippen LogP contribution in [0.25, 0.3) is 0 Å². The monoisotopic (exact) mass is 207 g/mol. The molecule has 1 aliphatic heterocycles. The third kappa shape index (κ3) is 1.91. The molecule has 1 aromatic rings. The van der Waals surface area contributed by atoms with Gasteiger partial charge in [-0.1, -0.05) is 0 Å². The standard InChI is InChI=1S/C10H13N3O2/c1-8-6-9(13(14)15)7-11-10(8)12-4-2-3-5-12/h6-7H,2-5H2,1H3. The lowest BCUT2D eigenvalue weighted by Crippen LogP contribution is -2.20. The average molecular weight is 207 g/mol. The number of hydrogen-bond acceptors (Lipinski definition) is 4. The summed E-state index contributed by atoms with van der Waals surface area (Å²) in [7, 11) is 0. The van der Waals surface area contributed by atoms with E-state index in [2.05, 4.69) is 9.88 Å². The minimum atomic E-state index is -0.409. The number of hydrogen-bond donors (Lipinski definition) is 0. The van der Waals surface area contributed by atoms with E-state index < -0.39 is 4.92 Å². The molecule has 0 spiro atoms. The van der Waals surface area contributed by atoms with E-state index in [0.717, 1.165) is 24.5 Å². The van der Waals surface area contributed by atoms with Crippen LogP contribution in [0.3, 0.4) is 0 Å². The Labute approximate surface area is 87.9 Å². The molecule has 5 nitrogen and oxygen atoms in total. The zero-order valence-corrected chi connectivity index (χ0v) is 8.64. The van der Waals surface area contributed by atoms with Gasteiger partial charge < -0.3 is 4.90 Å². The average Bonchev–Trinajstić information content (AvgIpc) is 2.70. The molecule has 2 rings (SSSR count). The number of nitro groups is 1. The van der Waals surface area contributed by atoms with Crippen LogP contribution in [-0.4, -0.2) is 23.0 Å². The van der Waals surface area contributed by atoms with Gasteiger partial charge in [0.15, 0.2) is 0 Å². The topological polar surface area (TPSA) is 59.3 Å². The summed E-state index contributed by atoms with van der Waals surface area (Å²) in [4.78, 5) is 16.5. The Hall–Kier alpha value is -1.65. The van der Waals surface area contributed by atoms with Gasteiger partial charge in [0.2, 0.25) is 0 Å². The van der Waals surface area contributed by atoms with Gasteiger partial charge in [0.1, 0.15) is 12.0 Å². The van der Waals surface area contributed by atoms with Crippen molar-refractivity contribution in [1.82, 2.24) is 4.98 Å². The van der Waals surface area contributed by atoms with E-state index in [4.69, 9.17) is 0 Å². The quantitative estimate of drug-likeness (QED) is 0.549. The van der Waals surface area contributed by atoms with Crippen molar-refractivity contribution >= 4 is 11.5 Å². The Balaban J connectivity index is 2.29. The SMILES string of the molecule is Cc1cc([N+](=O)[O-])cnc1N1CCCC1. The third-order valence-corrected chi connectivity index (χ3v) is 2.65. The lowest BCUT2D eigenvalue weighted by molar-refractivity contribution is -0.385. The van der Waals surface area contributed by atoms with Gasteiger partial charge in [0.25, 0.3) is 5.69 Å². The van der Waals surface area contributed by atoms with Crippen LogP contribution in [0, 0.1) is 17.0 Å². The van der Waals surface area contributed by atoms with Gasteiger partial charge in [-0.15, -0.1) is 0 Å². The summed E-state index contributed by atoms with van der Waals surface area (Å²) in [6.45, 7) is 3.88. The second-order valence-corrected chi connectivity index (χ2v) is 3.79. The van der Waals surface area contributed by atoms with E-state index in [1.165, 1.54) is 19.0 Å². The summed E-state index contributed by atoms with van der Waals surface area (Å²) in [5.74, 6) is 0.887. The van der Waals surface area contributed by atoms with Crippen LogP contribution < -0.4 is 4.90 Å². The Bertz CT molecular complexity index is 386. The van der Waals surface area contributed by atoms with Crippen molar-refractivity contribution < 1.29 is 4.92 Å². The summed E-state index contributed by atoms with van der Waals surface area (Å²) < 4.78 is 0. The molecular weight excluding hydrogens is 194 g/mol. The molecule has 0 unspecified atom stereocenters. The first kappa shape index (κ1) is 9.89. The fourth-order valence-corrected chi connectivity index (χ4v) is 1.91. The lowest BCUT2D eigenvalue weighted by atomic mass is 10.2. The molecule has 0 atom stereocenters. The highest BCUT2D eigenvalue weighted by atomic mass is 16.6. The third-order valence-electron chi connectivity index (χ3n) is 2.65. The summed E-state index contributed by atoms with van der Waals surface area (Å²) in [6, 6.07) is 1.58. The van der Waals surface area contributed by atoms with Crippen molar-refractivity contribution in [3.63, 3.8) is 0 Å². The molecule has 0 saturated carbocycles. The molecule has 0 radical (unpaired) electrons. The van der Waals surface area contributed by atoms with E-state index in [-0.39, 0.29) is 5.69 Å². The first-order valence-electron chi connectivity index (χ1n) is 5.04. The van der Waals surface area contributed by atoms with Crippen molar-refractivity contribution in [2.45, 2.75) is 19.8 Å². The zero-order valence-electron chi connectivity index (χ0n) is 8.64. The number of rotatable bonds is 2. The predicted octanol–water partition coefficient (Wildman–Crippen LogP) is 1.90. The summed E-state index contributed by atoms with van der Waals surface area (Å²) in [6.07, 6.45) is 3.69. The summed E-state index contributed by atoms with van der Waals surface area (Å²) >= 11 is 0. The Morgan fingerprint density at radius 2 is 2.13 bits per heavy atom. The van der Waals surface area contributed by atoms with Gasteiger partial charge in [-0.05, 0) is 25.3 Å². The first-order chi connectivity index (χ1) is 7.18. The molecule has 1 aliphatic rings. The maximum Gasteiger partial charge on any atom is 0.287 e. The largest absolute Gasteiger partial charge is 0.356 e.